The zero-order valence-corrected chi connectivity index (χ0v) is 9.44. The Bertz CT molecular complexity index is 352. The highest BCUT2D eigenvalue weighted by Gasteiger charge is 2.29. The third kappa shape index (κ3) is 2.85. The predicted octanol–water partition coefficient (Wildman–Crippen LogP) is 2.64. The van der Waals surface area contributed by atoms with Crippen LogP contribution in [-0.2, 0) is 6.54 Å². The molecule has 0 bridgehead atoms. The zero-order valence-electron chi connectivity index (χ0n) is 9.44. The van der Waals surface area contributed by atoms with E-state index in [2.05, 4.69) is 18.6 Å². The summed E-state index contributed by atoms with van der Waals surface area (Å²) in [5.41, 5.74) is 1.10. The quantitative estimate of drug-likeness (QED) is 0.692. The van der Waals surface area contributed by atoms with Crippen LogP contribution in [0.2, 0.25) is 0 Å². The molecule has 15 heavy (non-hydrogen) atoms. The van der Waals surface area contributed by atoms with Crippen molar-refractivity contribution in [3.8, 4) is 5.88 Å². The summed E-state index contributed by atoms with van der Waals surface area (Å²) < 4.78 is 7.60. The van der Waals surface area contributed by atoms with E-state index in [1.807, 2.05) is 23.9 Å². The van der Waals surface area contributed by atoms with Crippen LogP contribution in [0.5, 0.6) is 5.88 Å². The molecule has 0 radical (unpaired) electrons. The second-order valence-corrected chi connectivity index (χ2v) is 4.47. The molecule has 0 unspecified atom stereocenters. The monoisotopic (exact) mass is 206 g/mol. The molecule has 1 aliphatic carbocycles. The van der Waals surface area contributed by atoms with Gasteiger partial charge in [-0.15, -0.1) is 5.10 Å². The summed E-state index contributed by atoms with van der Waals surface area (Å²) in [4.78, 5) is 0. The summed E-state index contributed by atoms with van der Waals surface area (Å²) in [6.07, 6.45) is 4.84. The van der Waals surface area contributed by atoms with E-state index < -0.39 is 0 Å². The largest absolute Gasteiger partial charge is 0.473 e. The van der Waals surface area contributed by atoms with Crippen LogP contribution in [0.15, 0.2) is 24.4 Å². The molecule has 1 heterocycles. The van der Waals surface area contributed by atoms with E-state index >= 15 is 0 Å². The van der Waals surface area contributed by atoms with Gasteiger partial charge in [-0.25, -0.2) is 0 Å². The van der Waals surface area contributed by atoms with Crippen molar-refractivity contribution in [2.45, 2.75) is 39.3 Å². The molecule has 1 aliphatic rings. The van der Waals surface area contributed by atoms with Gasteiger partial charge in [0.1, 0.15) is 6.10 Å². The Morgan fingerprint density at radius 2 is 2.47 bits per heavy atom. The molecule has 2 rings (SSSR count). The number of hydrogen-bond acceptors (Lipinski definition) is 2. The van der Waals surface area contributed by atoms with Crippen LogP contribution in [0, 0.1) is 5.92 Å². The molecule has 0 amide bonds. The molecular formula is C12H18N2O. The number of ether oxygens (including phenoxy) is 1. The first kappa shape index (κ1) is 10.3. The van der Waals surface area contributed by atoms with Gasteiger partial charge < -0.3 is 4.74 Å². The number of allylic oxidation sites excluding steroid dienone is 1. The Hall–Kier alpha value is -1.25. The lowest BCUT2D eigenvalue weighted by atomic mass is 10.3. The molecule has 1 saturated carbocycles. The fourth-order valence-corrected chi connectivity index (χ4v) is 1.62. The lowest BCUT2D eigenvalue weighted by Gasteiger charge is -2.10. The second kappa shape index (κ2) is 4.09. The van der Waals surface area contributed by atoms with Crippen molar-refractivity contribution in [1.29, 1.82) is 0 Å². The van der Waals surface area contributed by atoms with Crippen molar-refractivity contribution in [1.82, 2.24) is 9.78 Å². The molecule has 0 aliphatic heterocycles. The minimum absolute atomic E-state index is 0.304. The minimum Gasteiger partial charge on any atom is -0.473 e. The normalized spacial score (nSPS) is 17.5. The zero-order chi connectivity index (χ0) is 10.8. The SMILES string of the molecule is C=C(C)Cn1ccc(O[C@@H](C)C2CC2)n1. The van der Waals surface area contributed by atoms with Gasteiger partial charge in [0.05, 0.1) is 6.54 Å². The van der Waals surface area contributed by atoms with Gasteiger partial charge >= 0.3 is 0 Å². The Balaban J connectivity index is 1.91. The van der Waals surface area contributed by atoms with Crippen molar-refractivity contribution >= 4 is 0 Å². The van der Waals surface area contributed by atoms with Crippen molar-refractivity contribution < 1.29 is 4.74 Å². The molecular weight excluding hydrogens is 188 g/mol. The highest BCUT2D eigenvalue weighted by molar-refractivity contribution is 5.08. The molecule has 0 spiro atoms. The smallest absolute Gasteiger partial charge is 0.232 e. The van der Waals surface area contributed by atoms with Gasteiger partial charge in [-0.2, -0.15) is 0 Å². The average Bonchev–Trinajstić information content (AvgIpc) is 2.90. The molecule has 0 N–H and O–H groups in total. The Morgan fingerprint density at radius 1 is 1.73 bits per heavy atom. The molecule has 1 atom stereocenters. The van der Waals surface area contributed by atoms with E-state index in [4.69, 9.17) is 4.74 Å². The van der Waals surface area contributed by atoms with E-state index in [0.717, 1.165) is 23.9 Å². The maximum absolute atomic E-state index is 5.74. The summed E-state index contributed by atoms with van der Waals surface area (Å²) in [6, 6.07) is 1.92. The summed E-state index contributed by atoms with van der Waals surface area (Å²) in [6.45, 7) is 8.74. The van der Waals surface area contributed by atoms with Crippen LogP contribution in [0.4, 0.5) is 0 Å². The van der Waals surface area contributed by atoms with Gasteiger partial charge in [-0.05, 0) is 32.6 Å². The molecule has 82 valence electrons. The van der Waals surface area contributed by atoms with Gasteiger partial charge in [0.25, 0.3) is 0 Å². The first-order chi connectivity index (χ1) is 7.15. The molecule has 1 aromatic heterocycles. The summed E-state index contributed by atoms with van der Waals surface area (Å²) >= 11 is 0. The lowest BCUT2D eigenvalue weighted by Crippen LogP contribution is -2.14. The van der Waals surface area contributed by atoms with Crippen LogP contribution in [0.1, 0.15) is 26.7 Å². The minimum atomic E-state index is 0.304. The fourth-order valence-electron chi connectivity index (χ4n) is 1.62. The highest BCUT2D eigenvalue weighted by Crippen LogP contribution is 2.34. The highest BCUT2D eigenvalue weighted by atomic mass is 16.5. The van der Waals surface area contributed by atoms with Crippen LogP contribution in [0.3, 0.4) is 0 Å². The third-order valence-electron chi connectivity index (χ3n) is 2.64. The van der Waals surface area contributed by atoms with Crippen molar-refractivity contribution in [3.63, 3.8) is 0 Å². The molecule has 1 fully saturated rings. The standard InChI is InChI=1S/C12H18N2O/c1-9(2)8-14-7-6-12(13-14)15-10(3)11-4-5-11/h6-7,10-11H,1,4-5,8H2,2-3H3/t10-/m0/s1. The van der Waals surface area contributed by atoms with E-state index in [0.29, 0.717) is 6.10 Å². The van der Waals surface area contributed by atoms with Gasteiger partial charge in [-0.1, -0.05) is 12.2 Å². The summed E-state index contributed by atoms with van der Waals surface area (Å²) in [5, 5.41) is 4.33. The van der Waals surface area contributed by atoms with E-state index in [1.165, 1.54) is 12.8 Å². The molecule has 3 heteroatoms. The van der Waals surface area contributed by atoms with Crippen LogP contribution in [-0.4, -0.2) is 15.9 Å². The maximum Gasteiger partial charge on any atom is 0.232 e. The van der Waals surface area contributed by atoms with Gasteiger partial charge in [0.2, 0.25) is 5.88 Å². The van der Waals surface area contributed by atoms with E-state index in [9.17, 15) is 0 Å². The average molecular weight is 206 g/mol. The fraction of sp³-hybridized carbons (Fsp3) is 0.583. The lowest BCUT2D eigenvalue weighted by molar-refractivity contribution is 0.188. The van der Waals surface area contributed by atoms with Crippen LogP contribution < -0.4 is 4.74 Å². The van der Waals surface area contributed by atoms with Gasteiger partial charge in [0, 0.05) is 12.3 Å². The molecule has 3 nitrogen and oxygen atoms in total. The van der Waals surface area contributed by atoms with Crippen molar-refractivity contribution in [2.75, 3.05) is 0 Å². The van der Waals surface area contributed by atoms with Crippen LogP contribution in [0.25, 0.3) is 0 Å². The Labute approximate surface area is 90.7 Å². The Kier molecular flexibility index (Phi) is 2.80. The molecule has 1 aromatic rings. The Morgan fingerprint density at radius 3 is 3.07 bits per heavy atom. The number of hydrogen-bond donors (Lipinski definition) is 0. The van der Waals surface area contributed by atoms with Crippen molar-refractivity contribution in [2.24, 2.45) is 5.92 Å². The number of rotatable bonds is 5. The summed E-state index contributed by atoms with van der Waals surface area (Å²) in [7, 11) is 0. The second-order valence-electron chi connectivity index (χ2n) is 4.47. The third-order valence-corrected chi connectivity index (χ3v) is 2.64. The summed E-state index contributed by atoms with van der Waals surface area (Å²) in [5.74, 6) is 1.48. The maximum atomic E-state index is 5.74. The molecule has 0 aromatic carbocycles. The predicted molar refractivity (Wildman–Crippen MR) is 59.9 cm³/mol. The van der Waals surface area contributed by atoms with E-state index in [1.54, 1.807) is 0 Å². The first-order valence-electron chi connectivity index (χ1n) is 5.49. The topological polar surface area (TPSA) is 27.1 Å². The van der Waals surface area contributed by atoms with E-state index in [-0.39, 0.29) is 0 Å². The van der Waals surface area contributed by atoms with Gasteiger partial charge in [-0.3, -0.25) is 4.68 Å². The van der Waals surface area contributed by atoms with Crippen LogP contribution >= 0.6 is 0 Å². The molecule has 0 saturated heterocycles. The first-order valence-corrected chi connectivity index (χ1v) is 5.49. The number of nitrogens with zero attached hydrogens (tertiary/aromatic N) is 2. The number of aromatic nitrogens is 2. The van der Waals surface area contributed by atoms with Crippen molar-refractivity contribution in [3.05, 3.63) is 24.4 Å². The van der Waals surface area contributed by atoms with Gasteiger partial charge in [0.15, 0.2) is 0 Å².